The van der Waals surface area contributed by atoms with Crippen LogP contribution in [0.5, 0.6) is 0 Å². The first-order chi connectivity index (χ1) is 12.3. The summed E-state index contributed by atoms with van der Waals surface area (Å²) in [5.74, 6) is -0.596. The van der Waals surface area contributed by atoms with Crippen LogP contribution in [-0.4, -0.2) is 52.7 Å². The summed E-state index contributed by atoms with van der Waals surface area (Å²) < 4.78 is 1.24. The van der Waals surface area contributed by atoms with E-state index in [9.17, 15) is 19.7 Å². The predicted molar refractivity (Wildman–Crippen MR) is 96.7 cm³/mol. The van der Waals surface area contributed by atoms with E-state index in [-0.39, 0.29) is 17.1 Å². The molecule has 1 N–H and O–H groups in total. The number of para-hydroxylation sites is 2. The van der Waals surface area contributed by atoms with Gasteiger partial charge in [-0.3, -0.25) is 19.7 Å². The van der Waals surface area contributed by atoms with Crippen molar-refractivity contribution in [1.29, 1.82) is 0 Å². The summed E-state index contributed by atoms with van der Waals surface area (Å²) in [6.45, 7) is 2.80. The number of nitrogens with one attached hydrogen (secondary N) is 1. The van der Waals surface area contributed by atoms with Gasteiger partial charge in [0.25, 0.3) is 11.6 Å². The molecule has 0 saturated heterocycles. The Hall–Kier alpha value is -3.07. The normalized spacial score (nSPS) is 10.8. The average molecular weight is 359 g/mol. The van der Waals surface area contributed by atoms with E-state index in [4.69, 9.17) is 0 Å². The SMILES string of the molecule is Cc1cc(=O)c(C(=O)NCCCN(C)C)nn1-c1ccccc1[N+](=O)[O-]. The van der Waals surface area contributed by atoms with Crippen LogP contribution < -0.4 is 10.7 Å². The molecule has 1 heterocycles. The van der Waals surface area contributed by atoms with Gasteiger partial charge in [0.1, 0.15) is 5.69 Å². The maximum absolute atomic E-state index is 12.3. The van der Waals surface area contributed by atoms with Gasteiger partial charge in [0.05, 0.1) is 4.92 Å². The molecule has 1 amide bonds. The molecule has 0 atom stereocenters. The molecule has 2 rings (SSSR count). The lowest BCUT2D eigenvalue weighted by Crippen LogP contribution is -2.33. The lowest BCUT2D eigenvalue weighted by molar-refractivity contribution is -0.384. The first-order valence-electron chi connectivity index (χ1n) is 8.09. The zero-order chi connectivity index (χ0) is 19.3. The molecule has 138 valence electrons. The Balaban J connectivity index is 2.34. The number of nitrogens with zero attached hydrogens (tertiary/aromatic N) is 4. The van der Waals surface area contributed by atoms with E-state index in [2.05, 4.69) is 10.4 Å². The zero-order valence-corrected chi connectivity index (χ0v) is 14.9. The van der Waals surface area contributed by atoms with Crippen LogP contribution in [0, 0.1) is 17.0 Å². The fourth-order valence-electron chi connectivity index (χ4n) is 2.43. The van der Waals surface area contributed by atoms with Crippen LogP contribution in [0.25, 0.3) is 5.69 Å². The quantitative estimate of drug-likeness (QED) is 0.451. The van der Waals surface area contributed by atoms with Crippen LogP contribution in [-0.2, 0) is 0 Å². The number of aromatic nitrogens is 2. The van der Waals surface area contributed by atoms with Crippen LogP contribution in [0.1, 0.15) is 22.6 Å². The Kier molecular flexibility index (Phi) is 6.18. The maximum atomic E-state index is 12.3. The zero-order valence-electron chi connectivity index (χ0n) is 14.9. The number of carbonyl (C=O) groups excluding carboxylic acids is 1. The average Bonchev–Trinajstić information content (AvgIpc) is 2.58. The molecular formula is C17H21N5O4. The fraction of sp³-hybridized carbons (Fsp3) is 0.353. The predicted octanol–water partition coefficient (Wildman–Crippen LogP) is 1.13. The van der Waals surface area contributed by atoms with Gasteiger partial charge >= 0.3 is 0 Å². The van der Waals surface area contributed by atoms with E-state index in [1.807, 2.05) is 19.0 Å². The minimum atomic E-state index is -0.596. The first-order valence-corrected chi connectivity index (χ1v) is 8.09. The van der Waals surface area contributed by atoms with Gasteiger partial charge < -0.3 is 10.2 Å². The van der Waals surface area contributed by atoms with Crippen molar-refractivity contribution >= 4 is 11.6 Å². The highest BCUT2D eigenvalue weighted by atomic mass is 16.6. The molecule has 9 heteroatoms. The van der Waals surface area contributed by atoms with Crippen LogP contribution in [0.4, 0.5) is 5.69 Å². The molecule has 0 aliphatic rings. The summed E-state index contributed by atoms with van der Waals surface area (Å²) in [5.41, 5.74) is -0.393. The van der Waals surface area contributed by atoms with Gasteiger partial charge in [0.2, 0.25) is 5.43 Å². The van der Waals surface area contributed by atoms with Crippen molar-refractivity contribution in [2.75, 3.05) is 27.2 Å². The number of nitro groups is 1. The molecule has 0 bridgehead atoms. The monoisotopic (exact) mass is 359 g/mol. The second-order valence-electron chi connectivity index (χ2n) is 6.07. The second kappa shape index (κ2) is 8.34. The number of amides is 1. The maximum Gasteiger partial charge on any atom is 0.294 e. The molecule has 0 aliphatic heterocycles. The number of nitro benzene ring substituents is 1. The number of hydrogen-bond donors (Lipinski definition) is 1. The lowest BCUT2D eigenvalue weighted by atomic mass is 10.2. The van der Waals surface area contributed by atoms with E-state index in [1.165, 1.54) is 28.9 Å². The summed E-state index contributed by atoms with van der Waals surface area (Å²) >= 11 is 0. The highest BCUT2D eigenvalue weighted by Gasteiger charge is 2.19. The third kappa shape index (κ3) is 4.51. The van der Waals surface area contributed by atoms with Crippen LogP contribution in [0.3, 0.4) is 0 Å². The van der Waals surface area contributed by atoms with Gasteiger partial charge in [-0.15, -0.1) is 0 Å². The highest BCUT2D eigenvalue weighted by Crippen LogP contribution is 2.22. The summed E-state index contributed by atoms with van der Waals surface area (Å²) in [6, 6.07) is 7.27. The van der Waals surface area contributed by atoms with Gasteiger partial charge in [0, 0.05) is 24.4 Å². The van der Waals surface area contributed by atoms with Gasteiger partial charge in [-0.05, 0) is 40.1 Å². The Morgan fingerprint density at radius 3 is 2.69 bits per heavy atom. The summed E-state index contributed by atoms with van der Waals surface area (Å²) in [7, 11) is 3.85. The van der Waals surface area contributed by atoms with Crippen molar-refractivity contribution in [3.63, 3.8) is 0 Å². The molecule has 1 aromatic carbocycles. The molecule has 0 unspecified atom stereocenters. The van der Waals surface area contributed by atoms with Gasteiger partial charge in [0.15, 0.2) is 5.69 Å². The number of aryl methyl sites for hydroxylation is 1. The van der Waals surface area contributed by atoms with Crippen molar-refractivity contribution in [2.24, 2.45) is 0 Å². The standard InChI is InChI=1S/C17H21N5O4/c1-12-11-15(23)16(17(24)18-9-6-10-20(2)3)19-21(12)13-7-4-5-8-14(13)22(25)26/h4-5,7-8,11H,6,9-10H2,1-3H3,(H,18,24). The minimum Gasteiger partial charge on any atom is -0.350 e. The van der Waals surface area contributed by atoms with Crippen LogP contribution in [0.2, 0.25) is 0 Å². The van der Waals surface area contributed by atoms with Crippen molar-refractivity contribution in [1.82, 2.24) is 20.0 Å². The van der Waals surface area contributed by atoms with E-state index in [1.54, 1.807) is 13.0 Å². The van der Waals surface area contributed by atoms with Crippen molar-refractivity contribution in [2.45, 2.75) is 13.3 Å². The largest absolute Gasteiger partial charge is 0.350 e. The van der Waals surface area contributed by atoms with Gasteiger partial charge in [-0.2, -0.15) is 5.10 Å². The summed E-state index contributed by atoms with van der Waals surface area (Å²) in [6.07, 6.45) is 0.725. The van der Waals surface area contributed by atoms with E-state index >= 15 is 0 Å². The Labute approximate surface area is 150 Å². The molecule has 1 aromatic heterocycles. The third-order valence-electron chi connectivity index (χ3n) is 3.70. The number of benzene rings is 1. The van der Waals surface area contributed by atoms with Gasteiger partial charge in [-0.1, -0.05) is 12.1 Å². The fourth-order valence-corrected chi connectivity index (χ4v) is 2.43. The molecule has 0 fully saturated rings. The smallest absolute Gasteiger partial charge is 0.294 e. The van der Waals surface area contributed by atoms with Crippen LogP contribution >= 0.6 is 0 Å². The van der Waals surface area contributed by atoms with E-state index in [0.717, 1.165) is 13.0 Å². The molecule has 0 aliphatic carbocycles. The number of carbonyl (C=O) groups is 1. The summed E-state index contributed by atoms with van der Waals surface area (Å²) in [5, 5.41) is 18.0. The second-order valence-corrected chi connectivity index (χ2v) is 6.07. The molecule has 0 radical (unpaired) electrons. The van der Waals surface area contributed by atoms with Crippen molar-refractivity contribution < 1.29 is 9.72 Å². The molecule has 0 saturated carbocycles. The van der Waals surface area contributed by atoms with E-state index < -0.39 is 16.3 Å². The number of rotatable bonds is 7. The van der Waals surface area contributed by atoms with Gasteiger partial charge in [-0.25, -0.2) is 4.68 Å². The molecular weight excluding hydrogens is 338 g/mol. The van der Waals surface area contributed by atoms with Crippen LogP contribution in [0.15, 0.2) is 35.1 Å². The molecule has 26 heavy (non-hydrogen) atoms. The van der Waals surface area contributed by atoms with Crippen molar-refractivity contribution in [3.05, 3.63) is 62.1 Å². The molecule has 0 spiro atoms. The minimum absolute atomic E-state index is 0.163. The Morgan fingerprint density at radius 2 is 2.04 bits per heavy atom. The molecule has 2 aromatic rings. The third-order valence-corrected chi connectivity index (χ3v) is 3.70. The molecule has 9 nitrogen and oxygen atoms in total. The number of hydrogen-bond acceptors (Lipinski definition) is 6. The topological polar surface area (TPSA) is 110 Å². The highest BCUT2D eigenvalue weighted by molar-refractivity contribution is 5.92. The Bertz CT molecular complexity index is 876. The lowest BCUT2D eigenvalue weighted by Gasteiger charge is -2.12. The van der Waals surface area contributed by atoms with E-state index in [0.29, 0.717) is 12.2 Å². The summed E-state index contributed by atoms with van der Waals surface area (Å²) in [4.78, 5) is 37.1. The first kappa shape index (κ1) is 19.3. The Morgan fingerprint density at radius 1 is 1.35 bits per heavy atom. The van der Waals surface area contributed by atoms with Crippen molar-refractivity contribution in [3.8, 4) is 5.69 Å².